The molecule has 8 heteroatoms. The third kappa shape index (κ3) is 3.21. The fraction of sp³-hybridized carbons (Fsp3) is 0.222. The summed E-state index contributed by atoms with van der Waals surface area (Å²) in [6.45, 7) is 0.842. The Bertz CT molecular complexity index is 895. The highest BCUT2D eigenvalue weighted by atomic mass is 16.6. The fourth-order valence-corrected chi connectivity index (χ4v) is 2.80. The lowest BCUT2D eigenvalue weighted by Gasteiger charge is -2.29. The highest BCUT2D eigenvalue weighted by molar-refractivity contribution is 5.94. The first-order valence-corrected chi connectivity index (χ1v) is 8.18. The van der Waals surface area contributed by atoms with E-state index >= 15 is 0 Å². The van der Waals surface area contributed by atoms with Crippen molar-refractivity contribution in [3.05, 3.63) is 60.4 Å². The van der Waals surface area contributed by atoms with Gasteiger partial charge in [-0.15, -0.1) is 5.10 Å². The molecule has 0 saturated heterocycles. The number of amides is 1. The molecule has 1 aromatic heterocycles. The Hall–Kier alpha value is -3.42. The van der Waals surface area contributed by atoms with Gasteiger partial charge in [0, 0.05) is 12.6 Å². The largest absolute Gasteiger partial charge is 0.486 e. The summed E-state index contributed by atoms with van der Waals surface area (Å²) >= 11 is 0. The van der Waals surface area contributed by atoms with E-state index in [4.69, 9.17) is 9.47 Å². The molecule has 4 rings (SSSR count). The first-order valence-electron chi connectivity index (χ1n) is 8.18. The molecule has 132 valence electrons. The number of fused-ring (bicyclic) bond motifs is 1. The monoisotopic (exact) mass is 351 g/mol. The second-order valence-electron chi connectivity index (χ2n) is 5.98. The maximum Gasteiger partial charge on any atom is 0.253 e. The van der Waals surface area contributed by atoms with E-state index < -0.39 is 0 Å². The van der Waals surface area contributed by atoms with E-state index in [9.17, 15) is 4.79 Å². The molecule has 0 spiro atoms. The van der Waals surface area contributed by atoms with Crippen LogP contribution in [0.1, 0.15) is 10.4 Å². The molecule has 1 atom stereocenters. The summed E-state index contributed by atoms with van der Waals surface area (Å²) in [6.07, 6.45) is 1.29. The second-order valence-corrected chi connectivity index (χ2v) is 5.98. The number of hydrogen-bond donors (Lipinski definition) is 0. The third-order valence-corrected chi connectivity index (χ3v) is 4.12. The van der Waals surface area contributed by atoms with Crippen LogP contribution in [0.15, 0.2) is 54.9 Å². The van der Waals surface area contributed by atoms with Gasteiger partial charge in [-0.2, -0.15) is 0 Å². The van der Waals surface area contributed by atoms with Gasteiger partial charge in [0.25, 0.3) is 5.91 Å². The molecule has 0 N–H and O–H groups in total. The maximum atomic E-state index is 12.6. The molecular formula is C18H17N5O3. The van der Waals surface area contributed by atoms with Gasteiger partial charge < -0.3 is 14.4 Å². The number of carbonyl (C=O) groups excluding carboxylic acids is 1. The van der Waals surface area contributed by atoms with E-state index in [0.29, 0.717) is 24.5 Å². The lowest BCUT2D eigenvalue weighted by Crippen LogP contribution is -2.41. The molecule has 1 aliphatic rings. The van der Waals surface area contributed by atoms with Crippen LogP contribution in [-0.4, -0.2) is 57.3 Å². The number of nitrogens with zero attached hydrogens (tertiary/aromatic N) is 5. The van der Waals surface area contributed by atoms with Gasteiger partial charge in [0.1, 0.15) is 12.9 Å². The highest BCUT2D eigenvalue weighted by Crippen LogP contribution is 2.31. The second kappa shape index (κ2) is 6.83. The smallest absolute Gasteiger partial charge is 0.253 e. The summed E-state index contributed by atoms with van der Waals surface area (Å²) in [6, 6.07) is 14.6. The molecule has 3 aromatic rings. The molecule has 0 aliphatic carbocycles. The van der Waals surface area contributed by atoms with Crippen LogP contribution in [0.25, 0.3) is 5.69 Å². The number of ether oxygens (including phenoxy) is 2. The number of carbonyl (C=O) groups is 1. The molecule has 2 heterocycles. The van der Waals surface area contributed by atoms with E-state index in [1.54, 1.807) is 36.2 Å². The lowest BCUT2D eigenvalue weighted by atomic mass is 10.1. The predicted molar refractivity (Wildman–Crippen MR) is 92.5 cm³/mol. The van der Waals surface area contributed by atoms with Gasteiger partial charge in [-0.3, -0.25) is 4.79 Å². The van der Waals surface area contributed by atoms with Crippen molar-refractivity contribution in [3.63, 3.8) is 0 Å². The molecule has 0 unspecified atom stereocenters. The minimum absolute atomic E-state index is 0.0873. The highest BCUT2D eigenvalue weighted by Gasteiger charge is 2.24. The molecular weight excluding hydrogens is 334 g/mol. The Labute approximate surface area is 149 Å². The van der Waals surface area contributed by atoms with Crippen molar-refractivity contribution in [1.82, 2.24) is 25.1 Å². The number of rotatable bonds is 4. The quantitative estimate of drug-likeness (QED) is 0.710. The van der Waals surface area contributed by atoms with Crippen LogP contribution in [0.5, 0.6) is 11.5 Å². The number of hydrogen-bond acceptors (Lipinski definition) is 6. The van der Waals surface area contributed by atoms with Gasteiger partial charge in [0.05, 0.1) is 12.2 Å². The summed E-state index contributed by atoms with van der Waals surface area (Å²) in [5.74, 6) is 1.35. The minimum atomic E-state index is -0.209. The zero-order valence-corrected chi connectivity index (χ0v) is 14.1. The van der Waals surface area contributed by atoms with Crippen molar-refractivity contribution >= 4 is 5.91 Å². The third-order valence-electron chi connectivity index (χ3n) is 4.12. The van der Waals surface area contributed by atoms with E-state index in [1.165, 1.54) is 11.0 Å². The number of para-hydroxylation sites is 2. The predicted octanol–water partition coefficient (Wildman–Crippen LogP) is 1.57. The van der Waals surface area contributed by atoms with Crippen molar-refractivity contribution in [2.75, 3.05) is 20.2 Å². The first-order chi connectivity index (χ1) is 12.7. The number of tetrazole rings is 1. The van der Waals surface area contributed by atoms with Crippen LogP contribution < -0.4 is 9.47 Å². The van der Waals surface area contributed by atoms with Crippen LogP contribution in [0.3, 0.4) is 0 Å². The Morgan fingerprint density at radius 3 is 2.69 bits per heavy atom. The van der Waals surface area contributed by atoms with E-state index in [0.717, 1.165) is 11.4 Å². The van der Waals surface area contributed by atoms with Gasteiger partial charge in [0.2, 0.25) is 0 Å². The number of aromatic nitrogens is 4. The molecule has 0 saturated carbocycles. The van der Waals surface area contributed by atoms with Crippen LogP contribution in [-0.2, 0) is 0 Å². The average molecular weight is 351 g/mol. The summed E-state index contributed by atoms with van der Waals surface area (Å²) in [4.78, 5) is 14.3. The molecule has 26 heavy (non-hydrogen) atoms. The van der Waals surface area contributed by atoms with Crippen LogP contribution in [0.4, 0.5) is 0 Å². The van der Waals surface area contributed by atoms with Crippen LogP contribution in [0.2, 0.25) is 0 Å². The van der Waals surface area contributed by atoms with Crippen molar-refractivity contribution < 1.29 is 14.3 Å². The maximum absolute atomic E-state index is 12.6. The van der Waals surface area contributed by atoms with Crippen LogP contribution >= 0.6 is 0 Å². The van der Waals surface area contributed by atoms with Crippen molar-refractivity contribution in [3.8, 4) is 17.2 Å². The lowest BCUT2D eigenvalue weighted by molar-refractivity contribution is 0.0521. The van der Waals surface area contributed by atoms with Crippen molar-refractivity contribution in [2.45, 2.75) is 6.10 Å². The zero-order valence-electron chi connectivity index (χ0n) is 14.1. The van der Waals surface area contributed by atoms with Gasteiger partial charge in [-0.25, -0.2) is 4.68 Å². The molecule has 0 fully saturated rings. The topological polar surface area (TPSA) is 82.4 Å². The van der Waals surface area contributed by atoms with E-state index in [2.05, 4.69) is 15.5 Å². The number of benzene rings is 2. The van der Waals surface area contributed by atoms with Crippen molar-refractivity contribution in [1.29, 1.82) is 0 Å². The van der Waals surface area contributed by atoms with Gasteiger partial charge in [-0.1, -0.05) is 12.1 Å². The Morgan fingerprint density at radius 2 is 1.96 bits per heavy atom. The van der Waals surface area contributed by atoms with Gasteiger partial charge >= 0.3 is 0 Å². The van der Waals surface area contributed by atoms with Gasteiger partial charge in [-0.05, 0) is 46.8 Å². The summed E-state index contributed by atoms with van der Waals surface area (Å²) < 4.78 is 13.1. The minimum Gasteiger partial charge on any atom is -0.486 e. The molecule has 1 amide bonds. The molecule has 8 nitrogen and oxygen atoms in total. The normalized spacial score (nSPS) is 15.5. The zero-order chi connectivity index (χ0) is 17.9. The van der Waals surface area contributed by atoms with E-state index in [-0.39, 0.29) is 12.0 Å². The molecule has 2 aromatic carbocycles. The first kappa shape index (κ1) is 16.1. The van der Waals surface area contributed by atoms with Gasteiger partial charge in [0.15, 0.2) is 17.6 Å². The summed E-state index contributed by atoms with van der Waals surface area (Å²) in [5.41, 5.74) is 1.37. The summed E-state index contributed by atoms with van der Waals surface area (Å²) in [7, 11) is 1.75. The summed E-state index contributed by atoms with van der Waals surface area (Å²) in [5, 5.41) is 11.0. The average Bonchev–Trinajstić information content (AvgIpc) is 3.22. The van der Waals surface area contributed by atoms with Crippen molar-refractivity contribution in [2.24, 2.45) is 0 Å². The SMILES string of the molecule is CN(C[C@H]1COc2ccccc2O1)C(=O)c1ccc(-n2cnnn2)cc1. The van der Waals surface area contributed by atoms with E-state index in [1.807, 2.05) is 24.3 Å². The Balaban J connectivity index is 1.40. The Kier molecular flexibility index (Phi) is 4.22. The number of likely N-dealkylation sites (N-methyl/N-ethyl adjacent to an activating group) is 1. The molecule has 0 bridgehead atoms. The fourth-order valence-electron chi connectivity index (χ4n) is 2.80. The standard InChI is InChI=1S/C18H17N5O3/c1-22(10-15-11-25-16-4-2-3-5-17(16)26-15)18(24)13-6-8-14(9-7-13)23-12-19-20-21-23/h2-9,12,15H,10-11H2,1H3/t15-/m0/s1. The Morgan fingerprint density at radius 1 is 1.19 bits per heavy atom. The molecule has 0 radical (unpaired) electrons. The molecule has 1 aliphatic heterocycles. The van der Waals surface area contributed by atoms with Crippen LogP contribution in [0, 0.1) is 0 Å².